The molecule has 0 radical (unpaired) electrons. The van der Waals surface area contributed by atoms with Crippen molar-refractivity contribution in [3.05, 3.63) is 47.5 Å². The van der Waals surface area contributed by atoms with Gasteiger partial charge in [-0.15, -0.1) is 0 Å². The largest absolute Gasteiger partial charge is 0.493 e. The molecule has 2 aromatic rings. The number of benzene rings is 2. The van der Waals surface area contributed by atoms with Gasteiger partial charge < -0.3 is 14.2 Å². The summed E-state index contributed by atoms with van der Waals surface area (Å²) in [7, 11) is 1.24. The Hall–Kier alpha value is -3.27. The summed E-state index contributed by atoms with van der Waals surface area (Å²) in [5.41, 5.74) is 2.74. The lowest BCUT2D eigenvalue weighted by molar-refractivity contribution is -0.130. The number of ether oxygens (including phenoxy) is 3. The molecule has 10 heteroatoms. The van der Waals surface area contributed by atoms with E-state index < -0.39 is 10.0 Å². The number of hydrogen-bond donors (Lipinski definition) is 1. The highest BCUT2D eigenvalue weighted by Crippen LogP contribution is 2.43. The normalized spacial score (nSPS) is 16.0. The van der Waals surface area contributed by atoms with E-state index in [1.165, 1.54) is 33.3 Å². The molecular formula is C21H25N3O6S. The zero-order valence-corrected chi connectivity index (χ0v) is 18.8. The van der Waals surface area contributed by atoms with Gasteiger partial charge >= 0.3 is 0 Å². The minimum atomic E-state index is -3.36. The van der Waals surface area contributed by atoms with Crippen LogP contribution in [0.4, 0.5) is 5.69 Å². The number of carbonyl (C=O) groups is 1. The third kappa shape index (κ3) is 4.91. The number of carbonyl (C=O) groups excluding carboxylic acids is 1. The maximum absolute atomic E-state index is 12.3. The predicted octanol–water partition coefficient (Wildman–Crippen LogP) is 2.78. The van der Waals surface area contributed by atoms with Gasteiger partial charge in [-0.05, 0) is 35.4 Å². The van der Waals surface area contributed by atoms with E-state index in [1.54, 1.807) is 36.4 Å². The number of rotatable bonds is 7. The molecule has 31 heavy (non-hydrogen) atoms. The highest BCUT2D eigenvalue weighted by Gasteiger charge is 2.33. The van der Waals surface area contributed by atoms with Crippen molar-refractivity contribution in [2.45, 2.75) is 19.4 Å². The van der Waals surface area contributed by atoms with Crippen LogP contribution in [-0.4, -0.2) is 52.6 Å². The average Bonchev–Trinajstić information content (AvgIpc) is 3.17. The van der Waals surface area contributed by atoms with E-state index >= 15 is 0 Å². The summed E-state index contributed by atoms with van der Waals surface area (Å²) in [6.45, 7) is 1.45. The van der Waals surface area contributed by atoms with Crippen molar-refractivity contribution in [2.24, 2.45) is 5.10 Å². The van der Waals surface area contributed by atoms with Gasteiger partial charge in [0.2, 0.25) is 21.7 Å². The standard InChI is InChI=1S/C21H25N3O6S/c1-13(25)24-18(15-10-19(28-2)21(30-4)20(11-15)29-3)12-17(22-24)14-6-8-16(9-7-14)23-31(5,26)27/h6-11,18,23H,12H2,1-5H3/t18-/m0/s1. The fraction of sp³-hybridized carbons (Fsp3) is 0.333. The van der Waals surface area contributed by atoms with Gasteiger partial charge in [0.15, 0.2) is 11.5 Å². The second kappa shape index (κ2) is 8.84. The van der Waals surface area contributed by atoms with E-state index in [1.807, 2.05) is 0 Å². The maximum Gasteiger partial charge on any atom is 0.240 e. The third-order valence-corrected chi connectivity index (χ3v) is 5.43. The van der Waals surface area contributed by atoms with Gasteiger partial charge in [0.25, 0.3) is 0 Å². The van der Waals surface area contributed by atoms with Crippen LogP contribution in [0.3, 0.4) is 0 Å². The number of sulfonamides is 1. The van der Waals surface area contributed by atoms with E-state index in [4.69, 9.17) is 14.2 Å². The first-order valence-corrected chi connectivity index (χ1v) is 11.3. The molecule has 0 bridgehead atoms. The predicted molar refractivity (Wildman–Crippen MR) is 117 cm³/mol. The molecule has 0 spiro atoms. The minimum absolute atomic E-state index is 0.205. The number of anilines is 1. The Labute approximate surface area is 181 Å². The highest BCUT2D eigenvalue weighted by molar-refractivity contribution is 7.92. The Kier molecular flexibility index (Phi) is 6.40. The summed E-state index contributed by atoms with van der Waals surface area (Å²) in [5.74, 6) is 1.25. The first kappa shape index (κ1) is 22.4. The molecule has 1 aliphatic rings. The molecule has 9 nitrogen and oxygen atoms in total. The number of methoxy groups -OCH3 is 3. The van der Waals surface area contributed by atoms with Crippen molar-refractivity contribution in [3.63, 3.8) is 0 Å². The van der Waals surface area contributed by atoms with Crippen LogP contribution >= 0.6 is 0 Å². The van der Waals surface area contributed by atoms with Crippen LogP contribution in [0.1, 0.15) is 30.5 Å². The molecule has 0 aromatic heterocycles. The van der Waals surface area contributed by atoms with E-state index in [0.717, 1.165) is 17.4 Å². The van der Waals surface area contributed by atoms with Gasteiger partial charge in [0, 0.05) is 19.0 Å². The average molecular weight is 448 g/mol. The van der Waals surface area contributed by atoms with Crippen LogP contribution in [0, 0.1) is 0 Å². The van der Waals surface area contributed by atoms with Crippen molar-refractivity contribution < 1.29 is 27.4 Å². The van der Waals surface area contributed by atoms with Crippen molar-refractivity contribution in [1.29, 1.82) is 0 Å². The van der Waals surface area contributed by atoms with Gasteiger partial charge in [-0.25, -0.2) is 13.4 Å². The molecular weight excluding hydrogens is 422 g/mol. The lowest BCUT2D eigenvalue weighted by Crippen LogP contribution is -2.24. The van der Waals surface area contributed by atoms with Crippen molar-refractivity contribution in [2.75, 3.05) is 32.3 Å². The zero-order chi connectivity index (χ0) is 22.8. The lowest BCUT2D eigenvalue weighted by Gasteiger charge is -2.22. The summed E-state index contributed by atoms with van der Waals surface area (Å²) < 4.78 is 41.5. The quantitative estimate of drug-likeness (QED) is 0.700. The molecule has 1 atom stereocenters. The Bertz CT molecular complexity index is 1090. The van der Waals surface area contributed by atoms with E-state index in [2.05, 4.69) is 9.82 Å². The first-order valence-electron chi connectivity index (χ1n) is 9.42. The summed E-state index contributed by atoms with van der Waals surface area (Å²) in [6, 6.07) is 10.1. The lowest BCUT2D eigenvalue weighted by atomic mass is 9.97. The second-order valence-electron chi connectivity index (χ2n) is 7.04. The van der Waals surface area contributed by atoms with E-state index in [0.29, 0.717) is 35.1 Å². The molecule has 166 valence electrons. The monoisotopic (exact) mass is 447 g/mol. The molecule has 0 saturated carbocycles. The Morgan fingerprint density at radius 1 is 1.06 bits per heavy atom. The number of nitrogens with one attached hydrogen (secondary N) is 1. The second-order valence-corrected chi connectivity index (χ2v) is 8.79. The topological polar surface area (TPSA) is 107 Å². The highest BCUT2D eigenvalue weighted by atomic mass is 32.2. The van der Waals surface area contributed by atoms with Crippen molar-refractivity contribution in [1.82, 2.24) is 5.01 Å². The summed E-state index contributed by atoms with van der Waals surface area (Å²) in [5, 5.41) is 5.95. The van der Waals surface area contributed by atoms with Crippen LogP contribution < -0.4 is 18.9 Å². The Morgan fingerprint density at radius 3 is 2.10 bits per heavy atom. The number of hydrazone groups is 1. The van der Waals surface area contributed by atoms with Gasteiger partial charge in [0.1, 0.15) is 0 Å². The Morgan fingerprint density at radius 2 is 1.65 bits per heavy atom. The van der Waals surface area contributed by atoms with Crippen LogP contribution in [-0.2, 0) is 14.8 Å². The molecule has 2 aromatic carbocycles. The van der Waals surface area contributed by atoms with Gasteiger partial charge in [-0.2, -0.15) is 5.10 Å². The van der Waals surface area contributed by atoms with E-state index in [9.17, 15) is 13.2 Å². The molecule has 1 aliphatic heterocycles. The fourth-order valence-electron chi connectivity index (χ4n) is 3.47. The van der Waals surface area contributed by atoms with Crippen LogP contribution in [0.2, 0.25) is 0 Å². The van der Waals surface area contributed by atoms with Crippen LogP contribution in [0.25, 0.3) is 0 Å². The third-order valence-electron chi connectivity index (χ3n) is 4.83. The molecule has 0 aliphatic carbocycles. The molecule has 1 N–H and O–H groups in total. The van der Waals surface area contributed by atoms with E-state index in [-0.39, 0.29) is 11.9 Å². The fourth-order valence-corrected chi connectivity index (χ4v) is 4.04. The molecule has 1 amide bonds. The number of amides is 1. The van der Waals surface area contributed by atoms with Crippen LogP contribution in [0.15, 0.2) is 41.5 Å². The molecule has 0 unspecified atom stereocenters. The SMILES string of the molecule is COc1cc([C@@H]2CC(c3ccc(NS(C)(=O)=O)cc3)=NN2C(C)=O)cc(OC)c1OC. The maximum atomic E-state index is 12.3. The van der Waals surface area contributed by atoms with Gasteiger partial charge in [-0.3, -0.25) is 9.52 Å². The molecule has 3 rings (SSSR count). The number of nitrogens with zero attached hydrogens (tertiary/aromatic N) is 2. The molecule has 1 heterocycles. The van der Waals surface area contributed by atoms with Crippen LogP contribution in [0.5, 0.6) is 17.2 Å². The zero-order valence-electron chi connectivity index (χ0n) is 18.0. The molecule has 0 fully saturated rings. The summed E-state index contributed by atoms with van der Waals surface area (Å²) in [4.78, 5) is 12.3. The number of hydrogen-bond acceptors (Lipinski definition) is 7. The van der Waals surface area contributed by atoms with Gasteiger partial charge in [-0.1, -0.05) is 12.1 Å². The summed E-state index contributed by atoms with van der Waals surface area (Å²) in [6.07, 6.45) is 1.56. The summed E-state index contributed by atoms with van der Waals surface area (Å²) >= 11 is 0. The first-order chi connectivity index (χ1) is 14.7. The molecule has 0 saturated heterocycles. The van der Waals surface area contributed by atoms with Crippen molar-refractivity contribution >= 4 is 27.3 Å². The Balaban J connectivity index is 1.94. The smallest absolute Gasteiger partial charge is 0.240 e. The van der Waals surface area contributed by atoms with Crippen molar-refractivity contribution in [3.8, 4) is 17.2 Å². The minimum Gasteiger partial charge on any atom is -0.493 e. The van der Waals surface area contributed by atoms with Gasteiger partial charge in [0.05, 0.1) is 39.3 Å².